The maximum Gasteiger partial charge on any atom is 0.418 e. The van der Waals surface area contributed by atoms with Crippen LogP contribution in [0, 0.1) is 11.8 Å². The molecule has 4 heterocycles. The van der Waals surface area contributed by atoms with Gasteiger partial charge in [0.05, 0.1) is 22.4 Å². The quantitative estimate of drug-likeness (QED) is 0.291. The van der Waals surface area contributed by atoms with Gasteiger partial charge in [-0.25, -0.2) is 4.79 Å². The molecule has 1 saturated heterocycles. The van der Waals surface area contributed by atoms with Crippen LogP contribution in [0.2, 0.25) is 0 Å². The van der Waals surface area contributed by atoms with Gasteiger partial charge in [0, 0.05) is 45.6 Å². The third-order valence-corrected chi connectivity index (χ3v) is 9.16. The lowest BCUT2D eigenvalue weighted by molar-refractivity contribution is -0.136. The van der Waals surface area contributed by atoms with Gasteiger partial charge >= 0.3 is 11.9 Å². The molecule has 0 bridgehead atoms. The van der Waals surface area contributed by atoms with Crippen molar-refractivity contribution in [2.24, 2.45) is 18.9 Å². The number of likely N-dealkylation sites (tertiary alicyclic amines) is 1. The highest BCUT2D eigenvalue weighted by molar-refractivity contribution is 5.58. The second-order valence-corrected chi connectivity index (χ2v) is 12.5. The molecule has 0 radical (unpaired) electrons. The first kappa shape index (κ1) is 28.7. The number of ether oxygens (including phenoxy) is 1. The van der Waals surface area contributed by atoms with Gasteiger partial charge in [-0.3, -0.25) is 13.9 Å². The molecular weight excluding hydrogens is 545 g/mol. The molecule has 42 heavy (non-hydrogen) atoms. The lowest BCUT2D eigenvalue weighted by Crippen LogP contribution is -2.45. The van der Waals surface area contributed by atoms with Gasteiger partial charge in [0.1, 0.15) is 12.2 Å². The van der Waals surface area contributed by atoms with E-state index in [0.29, 0.717) is 23.7 Å². The summed E-state index contributed by atoms with van der Waals surface area (Å²) in [6, 6.07) is 8.64. The van der Waals surface area contributed by atoms with Crippen molar-refractivity contribution in [1.82, 2.24) is 28.6 Å². The van der Waals surface area contributed by atoms with E-state index in [9.17, 15) is 18.0 Å². The first-order valence-corrected chi connectivity index (χ1v) is 14.5. The van der Waals surface area contributed by atoms with E-state index in [1.807, 2.05) is 29.8 Å². The maximum absolute atomic E-state index is 14.3. The zero-order valence-electron chi connectivity index (χ0n) is 24.4. The summed E-state index contributed by atoms with van der Waals surface area (Å²) in [5.74, 6) is 1.41. The molecule has 1 aliphatic carbocycles. The van der Waals surface area contributed by atoms with Crippen molar-refractivity contribution in [1.29, 1.82) is 0 Å². The van der Waals surface area contributed by atoms with Crippen LogP contribution in [0.1, 0.15) is 68.0 Å². The Morgan fingerprint density at radius 1 is 1.19 bits per heavy atom. The normalized spacial score (nSPS) is 24.2. The lowest BCUT2D eigenvalue weighted by Gasteiger charge is -2.47. The van der Waals surface area contributed by atoms with Crippen LogP contribution >= 0.6 is 0 Å². The molecule has 11 heteroatoms. The predicted octanol–water partition coefficient (Wildman–Crippen LogP) is 5.42. The van der Waals surface area contributed by atoms with Crippen molar-refractivity contribution >= 4 is 5.52 Å². The molecular formula is C31H37F3N6O2. The fourth-order valence-corrected chi connectivity index (χ4v) is 6.96. The van der Waals surface area contributed by atoms with E-state index < -0.39 is 17.4 Å². The average Bonchev–Trinajstić information content (AvgIpc) is 3.50. The van der Waals surface area contributed by atoms with E-state index in [1.165, 1.54) is 16.8 Å². The van der Waals surface area contributed by atoms with Crippen LogP contribution in [0.25, 0.3) is 11.2 Å². The van der Waals surface area contributed by atoms with Crippen molar-refractivity contribution in [3.05, 3.63) is 82.1 Å². The van der Waals surface area contributed by atoms with E-state index in [-0.39, 0.29) is 23.0 Å². The number of alkyl halides is 3. The van der Waals surface area contributed by atoms with Crippen LogP contribution in [0.4, 0.5) is 13.2 Å². The summed E-state index contributed by atoms with van der Waals surface area (Å²) in [6.45, 7) is 6.28. The zero-order valence-corrected chi connectivity index (χ0v) is 24.4. The van der Waals surface area contributed by atoms with E-state index in [0.717, 1.165) is 54.6 Å². The fourth-order valence-electron chi connectivity index (χ4n) is 6.96. The number of nitrogens with zero attached hydrogens (tertiary/aromatic N) is 6. The molecule has 1 aliphatic heterocycles. The highest BCUT2D eigenvalue weighted by atomic mass is 19.4. The van der Waals surface area contributed by atoms with Crippen LogP contribution < -0.4 is 5.69 Å². The minimum Gasteiger partial charge on any atom is -0.379 e. The number of piperidine rings is 1. The van der Waals surface area contributed by atoms with E-state index >= 15 is 0 Å². The molecule has 6 rings (SSSR count). The van der Waals surface area contributed by atoms with Crippen LogP contribution in [0.3, 0.4) is 0 Å². The van der Waals surface area contributed by atoms with Gasteiger partial charge < -0.3 is 9.30 Å². The topological polar surface area (TPSA) is 69.6 Å². The number of halogens is 3. The number of fused-ring (bicyclic) bond motifs is 1. The van der Waals surface area contributed by atoms with Crippen LogP contribution in [-0.2, 0) is 24.5 Å². The molecule has 0 N–H and O–H groups in total. The maximum atomic E-state index is 14.3. The van der Waals surface area contributed by atoms with E-state index in [4.69, 9.17) is 4.74 Å². The molecule has 0 amide bonds. The van der Waals surface area contributed by atoms with Gasteiger partial charge in [0.2, 0.25) is 0 Å². The second kappa shape index (κ2) is 10.7. The van der Waals surface area contributed by atoms with Crippen molar-refractivity contribution in [2.45, 2.75) is 63.8 Å². The standard InChI is InChI=1S/C31H37F3N6O2/c1-20-7-6-10-38(15-20)16-21-11-25(31(32,33)34)26-18-39(29(41)40(26)17-21)24-9-5-8-22(12-24)27(28-36-35-19-37(28)3)23-13-30(2,14-23)42-4/h5,8-9,11-12,17-20,23,27H,6-7,10,13-16H2,1-4H3/t20-,23?,27+,30?/m0/s1. The second-order valence-electron chi connectivity index (χ2n) is 12.5. The SMILES string of the molecule is COC1(C)CC([C@@H](c2cccc(-n3cc4c(C(F)(F)F)cc(CN5CCC[C@H](C)C5)cn4c3=O)c2)c2nncn2C)C1. The number of hydrogen-bond acceptors (Lipinski definition) is 5. The lowest BCUT2D eigenvalue weighted by atomic mass is 9.64. The number of benzene rings is 1. The minimum atomic E-state index is -4.61. The van der Waals surface area contributed by atoms with Crippen LogP contribution in [0.5, 0.6) is 0 Å². The van der Waals surface area contributed by atoms with Crippen molar-refractivity contribution in [2.75, 3.05) is 20.2 Å². The van der Waals surface area contributed by atoms with Crippen LogP contribution in [-0.4, -0.2) is 54.4 Å². The monoisotopic (exact) mass is 582 g/mol. The molecule has 2 aliphatic rings. The molecule has 1 aromatic carbocycles. The Balaban J connectivity index is 1.41. The highest BCUT2D eigenvalue weighted by Gasteiger charge is 2.46. The largest absolute Gasteiger partial charge is 0.418 e. The summed E-state index contributed by atoms with van der Waals surface area (Å²) in [4.78, 5) is 15.9. The smallest absolute Gasteiger partial charge is 0.379 e. The summed E-state index contributed by atoms with van der Waals surface area (Å²) >= 11 is 0. The molecule has 4 aromatic rings. The summed E-state index contributed by atoms with van der Waals surface area (Å²) in [5, 5.41) is 8.48. The molecule has 0 spiro atoms. The van der Waals surface area contributed by atoms with E-state index in [1.54, 1.807) is 25.7 Å². The molecule has 2 fully saturated rings. The van der Waals surface area contributed by atoms with Gasteiger partial charge in [-0.2, -0.15) is 13.2 Å². The highest BCUT2D eigenvalue weighted by Crippen LogP contribution is 2.49. The van der Waals surface area contributed by atoms with Gasteiger partial charge in [0.25, 0.3) is 0 Å². The Morgan fingerprint density at radius 2 is 1.98 bits per heavy atom. The van der Waals surface area contributed by atoms with Crippen LogP contribution in [0.15, 0.2) is 53.8 Å². The molecule has 1 saturated carbocycles. The number of methoxy groups -OCH3 is 1. The Morgan fingerprint density at radius 3 is 2.64 bits per heavy atom. The predicted molar refractivity (Wildman–Crippen MR) is 153 cm³/mol. The van der Waals surface area contributed by atoms with Crippen molar-refractivity contribution in [3.63, 3.8) is 0 Å². The third-order valence-electron chi connectivity index (χ3n) is 9.16. The van der Waals surface area contributed by atoms with Gasteiger partial charge in [-0.05, 0) is 80.3 Å². The van der Waals surface area contributed by atoms with Crippen molar-refractivity contribution < 1.29 is 17.9 Å². The average molecular weight is 583 g/mol. The summed E-state index contributed by atoms with van der Waals surface area (Å²) in [7, 11) is 3.61. The Bertz CT molecular complexity index is 1650. The Hall–Kier alpha value is -3.44. The number of aromatic nitrogens is 5. The Labute approximate surface area is 242 Å². The number of pyridine rings is 1. The molecule has 3 aromatic heterocycles. The number of hydrogen-bond donors (Lipinski definition) is 0. The zero-order chi connectivity index (χ0) is 29.8. The number of imidazole rings is 1. The summed E-state index contributed by atoms with van der Waals surface area (Å²) < 4.78 is 53.0. The molecule has 224 valence electrons. The van der Waals surface area contributed by atoms with Gasteiger partial charge in [0.15, 0.2) is 0 Å². The number of aryl methyl sites for hydroxylation is 1. The van der Waals surface area contributed by atoms with Gasteiger partial charge in [-0.15, -0.1) is 10.2 Å². The first-order chi connectivity index (χ1) is 20.0. The first-order valence-electron chi connectivity index (χ1n) is 14.5. The van der Waals surface area contributed by atoms with Crippen molar-refractivity contribution in [3.8, 4) is 5.69 Å². The Kier molecular flexibility index (Phi) is 7.29. The van der Waals surface area contributed by atoms with E-state index in [2.05, 4.69) is 28.9 Å². The molecule has 2 atom stereocenters. The third kappa shape index (κ3) is 5.28. The number of rotatable bonds is 7. The van der Waals surface area contributed by atoms with Gasteiger partial charge in [-0.1, -0.05) is 19.1 Å². The molecule has 8 nitrogen and oxygen atoms in total. The molecule has 0 unspecified atom stereocenters. The summed E-state index contributed by atoms with van der Waals surface area (Å²) in [5.41, 5.74) is 0.189. The summed E-state index contributed by atoms with van der Waals surface area (Å²) in [6.07, 6.45) is 3.72. The minimum absolute atomic E-state index is 0.113. The fraction of sp³-hybridized carbons (Fsp3) is 0.516.